The van der Waals surface area contributed by atoms with Crippen LogP contribution in [0.5, 0.6) is 0 Å². The molecule has 2 heterocycles. The van der Waals surface area contributed by atoms with Crippen molar-refractivity contribution in [3.63, 3.8) is 0 Å². The van der Waals surface area contributed by atoms with Crippen LogP contribution in [0.2, 0.25) is 0 Å². The molecule has 0 aliphatic carbocycles. The van der Waals surface area contributed by atoms with Gasteiger partial charge in [-0.2, -0.15) is 15.0 Å². The fourth-order valence-electron chi connectivity index (χ4n) is 1.76. The highest BCUT2D eigenvalue weighted by Gasteiger charge is 2.42. The predicted octanol–water partition coefficient (Wildman–Crippen LogP) is 1.45. The van der Waals surface area contributed by atoms with Crippen LogP contribution >= 0.6 is 11.6 Å². The molecule has 0 saturated heterocycles. The van der Waals surface area contributed by atoms with E-state index >= 15 is 0 Å². The van der Waals surface area contributed by atoms with Crippen molar-refractivity contribution >= 4 is 26.5 Å². The van der Waals surface area contributed by atoms with E-state index < -0.39 is 26.8 Å². The van der Waals surface area contributed by atoms with E-state index in [-0.39, 0.29) is 22.9 Å². The molecule has 0 radical (unpaired) electrons. The molecule has 1 aliphatic heterocycles. The van der Waals surface area contributed by atoms with Crippen molar-refractivity contribution in [2.75, 3.05) is 0 Å². The minimum atomic E-state index is -3.97. The number of hydrogen-bond acceptors (Lipinski definition) is 6. The number of hydrogen-bond donors (Lipinski definition) is 0. The van der Waals surface area contributed by atoms with Crippen LogP contribution in [0.25, 0.3) is 0 Å². The topological polar surface area (TPSA) is 86.4 Å². The largest absolute Gasteiger partial charge is 0.389 e. The lowest BCUT2D eigenvalue weighted by molar-refractivity contribution is 0.0123. The first-order valence-corrected chi connectivity index (χ1v) is 7.75. The number of rotatable bonds is 3. The van der Waals surface area contributed by atoms with Gasteiger partial charge in [0.1, 0.15) is 23.7 Å². The number of alkyl halides is 2. The molecule has 20 heavy (non-hydrogen) atoms. The van der Waals surface area contributed by atoms with E-state index in [0.29, 0.717) is 0 Å². The fraction of sp³-hybridized carbons (Fsp3) is 0.700. The Balaban J connectivity index is 2.35. The molecule has 1 aromatic rings. The van der Waals surface area contributed by atoms with Gasteiger partial charge in [-0.3, -0.25) is 0 Å². The third-order valence-corrected chi connectivity index (χ3v) is 5.28. The molecule has 0 aromatic carbocycles. The Labute approximate surface area is 120 Å². The molecule has 0 bridgehead atoms. The van der Waals surface area contributed by atoms with Gasteiger partial charge in [0.05, 0.1) is 0 Å². The zero-order chi connectivity index (χ0) is 15.1. The minimum Gasteiger partial charge on any atom is -0.389 e. The van der Waals surface area contributed by atoms with Gasteiger partial charge in [-0.1, -0.05) is 16.8 Å². The van der Waals surface area contributed by atoms with Gasteiger partial charge in [0.2, 0.25) is 9.84 Å². The van der Waals surface area contributed by atoms with E-state index in [1.54, 1.807) is 13.8 Å². The van der Waals surface area contributed by atoms with Crippen LogP contribution in [0.3, 0.4) is 0 Å². The maximum Gasteiger partial charge on any atom is 0.217 e. The Morgan fingerprint density at radius 2 is 2.15 bits per heavy atom. The lowest BCUT2D eigenvalue weighted by Gasteiger charge is -2.13. The second kappa shape index (κ2) is 4.96. The summed E-state index contributed by atoms with van der Waals surface area (Å²) in [4.78, 5) is 6.10. The summed E-state index contributed by atoms with van der Waals surface area (Å²) in [7, 11) is -2.52. The Morgan fingerprint density at radius 1 is 1.50 bits per heavy atom. The normalized spacial score (nSPS) is 19.6. The van der Waals surface area contributed by atoms with Crippen LogP contribution in [-0.4, -0.2) is 34.1 Å². The summed E-state index contributed by atoms with van der Waals surface area (Å²) < 4.78 is 36.0. The molecule has 0 spiro atoms. The molecule has 0 saturated carbocycles. The third kappa shape index (κ3) is 2.64. The number of halogens is 2. The van der Waals surface area contributed by atoms with Gasteiger partial charge < -0.3 is 4.84 Å². The van der Waals surface area contributed by atoms with Crippen molar-refractivity contribution in [2.24, 2.45) is 12.2 Å². The van der Waals surface area contributed by atoms with E-state index in [1.807, 2.05) is 0 Å². The van der Waals surface area contributed by atoms with Gasteiger partial charge in [-0.15, -0.1) is 0 Å². The van der Waals surface area contributed by atoms with Crippen molar-refractivity contribution in [1.82, 2.24) is 15.0 Å². The van der Waals surface area contributed by atoms with Crippen molar-refractivity contribution in [1.29, 1.82) is 0 Å². The van der Waals surface area contributed by atoms with E-state index in [9.17, 15) is 12.8 Å². The highest BCUT2D eigenvalue weighted by molar-refractivity contribution is 8.07. The quantitative estimate of drug-likeness (QED) is 0.785. The zero-order valence-electron chi connectivity index (χ0n) is 11.2. The summed E-state index contributed by atoms with van der Waals surface area (Å²) in [6.07, 6.45) is 0.101. The minimum absolute atomic E-state index is 0.101. The summed E-state index contributed by atoms with van der Waals surface area (Å²) in [5, 5.41) is 10.9. The number of nitrogens with zero attached hydrogens (tertiary/aromatic N) is 4. The molecule has 0 amide bonds. The van der Waals surface area contributed by atoms with Crippen LogP contribution in [0.15, 0.2) is 5.16 Å². The number of sulfone groups is 1. The smallest absolute Gasteiger partial charge is 0.217 e. The number of aromatic nitrogens is 3. The lowest BCUT2D eigenvalue weighted by Crippen LogP contribution is -2.24. The molecule has 0 fully saturated rings. The van der Waals surface area contributed by atoms with E-state index in [0.717, 1.165) is 4.80 Å². The Kier molecular flexibility index (Phi) is 3.76. The van der Waals surface area contributed by atoms with E-state index in [2.05, 4.69) is 15.4 Å². The summed E-state index contributed by atoms with van der Waals surface area (Å²) in [6.45, 7) is 2.46. The summed E-state index contributed by atoms with van der Waals surface area (Å²) in [5.74, 6) is 0. The fourth-order valence-corrected chi connectivity index (χ4v) is 3.64. The number of aryl methyl sites for hydroxylation is 1. The molecule has 1 atom stereocenters. The van der Waals surface area contributed by atoms with Gasteiger partial charge >= 0.3 is 0 Å². The molecule has 0 N–H and O–H groups in total. The van der Waals surface area contributed by atoms with Crippen molar-refractivity contribution in [3.05, 3.63) is 11.4 Å². The highest BCUT2D eigenvalue weighted by atomic mass is 35.5. The molecule has 7 nitrogen and oxygen atoms in total. The maximum atomic E-state index is 12.8. The monoisotopic (exact) mass is 324 g/mol. The van der Waals surface area contributed by atoms with Gasteiger partial charge in [0, 0.05) is 13.5 Å². The summed E-state index contributed by atoms with van der Waals surface area (Å²) in [5.41, 5.74) is -0.927. The molecular formula is C10H14ClFN4O3S. The van der Waals surface area contributed by atoms with Gasteiger partial charge in [-0.25, -0.2) is 12.8 Å². The molecule has 1 unspecified atom stereocenters. The van der Waals surface area contributed by atoms with Gasteiger partial charge in [0.25, 0.3) is 0 Å². The molecule has 10 heteroatoms. The second-order valence-electron chi connectivity index (χ2n) is 5.03. The maximum absolute atomic E-state index is 12.8. The van der Waals surface area contributed by atoms with Crippen molar-refractivity contribution in [3.8, 4) is 0 Å². The molecule has 2 rings (SSSR count). The Morgan fingerprint density at radius 3 is 2.65 bits per heavy atom. The third-order valence-electron chi connectivity index (χ3n) is 2.73. The average Bonchev–Trinajstić information content (AvgIpc) is 2.91. The zero-order valence-corrected chi connectivity index (χ0v) is 12.7. The van der Waals surface area contributed by atoms with Crippen LogP contribution < -0.4 is 0 Å². The van der Waals surface area contributed by atoms with Crippen LogP contribution in [0.1, 0.15) is 36.4 Å². The van der Waals surface area contributed by atoms with Crippen molar-refractivity contribution < 1.29 is 17.6 Å². The Bertz CT molecular complexity index is 655. The average molecular weight is 325 g/mol. The highest BCUT2D eigenvalue weighted by Crippen LogP contribution is 2.34. The molecule has 1 aliphatic rings. The second-order valence-corrected chi connectivity index (χ2v) is 7.76. The summed E-state index contributed by atoms with van der Waals surface area (Å²) >= 11 is 5.96. The van der Waals surface area contributed by atoms with Gasteiger partial charge in [-0.05, 0) is 13.8 Å². The SMILES string of the molecule is Cn1nc(CF)c(C(Cl)S(=O)(=O)C2=NOC(C)(C)C2)n1. The molecule has 1 aromatic heterocycles. The lowest BCUT2D eigenvalue weighted by atomic mass is 10.1. The number of oxime groups is 1. The van der Waals surface area contributed by atoms with E-state index in [1.165, 1.54) is 7.05 Å². The van der Waals surface area contributed by atoms with Crippen LogP contribution in [0, 0.1) is 0 Å². The van der Waals surface area contributed by atoms with Crippen molar-refractivity contribution in [2.45, 2.75) is 37.3 Å². The Hall–Kier alpha value is -1.22. The van der Waals surface area contributed by atoms with E-state index in [4.69, 9.17) is 16.4 Å². The molecular weight excluding hydrogens is 311 g/mol. The predicted molar refractivity (Wildman–Crippen MR) is 70.5 cm³/mol. The standard InChI is InChI=1S/C10H14ClFN4O3S/c1-10(2)4-7(15-19-10)20(17,18)9(11)8-6(5-12)13-16(3)14-8/h9H,4-5H2,1-3H3. The summed E-state index contributed by atoms with van der Waals surface area (Å²) in [6, 6.07) is 0. The molecule has 112 valence electrons. The van der Waals surface area contributed by atoms with Gasteiger partial charge in [0.15, 0.2) is 9.75 Å². The first-order chi connectivity index (χ1) is 9.17. The van der Waals surface area contributed by atoms with Crippen LogP contribution in [0.4, 0.5) is 4.39 Å². The first kappa shape index (κ1) is 15.2. The van der Waals surface area contributed by atoms with Crippen LogP contribution in [-0.2, 0) is 28.4 Å². The first-order valence-electron chi connectivity index (χ1n) is 5.76.